The molecule has 3 nitrogen and oxygen atoms in total. The standard InChI is InChI=1S/C19H22N2OS/c1-15-6-5-9-17(14-15)20-19(22)21-11-10-18(23-13-12-21)16-7-3-2-4-8-16/h2-9,14,18H,10-13H2,1H3,(H,20,22). The predicted octanol–water partition coefficient (Wildman–Crippen LogP) is 4.71. The van der Waals surface area contributed by atoms with E-state index in [9.17, 15) is 4.79 Å². The molecular weight excluding hydrogens is 304 g/mol. The minimum absolute atomic E-state index is 0.00455. The molecule has 2 amide bonds. The Morgan fingerprint density at radius 2 is 1.96 bits per heavy atom. The van der Waals surface area contributed by atoms with Gasteiger partial charge in [-0.15, -0.1) is 0 Å². The van der Waals surface area contributed by atoms with Gasteiger partial charge in [-0.3, -0.25) is 0 Å². The third-order valence-electron chi connectivity index (χ3n) is 4.07. The number of aryl methyl sites for hydroxylation is 1. The molecule has 4 heteroatoms. The molecule has 1 aliphatic rings. The van der Waals surface area contributed by atoms with Crippen LogP contribution in [0.2, 0.25) is 0 Å². The lowest BCUT2D eigenvalue weighted by Gasteiger charge is -2.21. The second-order valence-corrected chi connectivity index (χ2v) is 7.16. The van der Waals surface area contributed by atoms with Gasteiger partial charge in [-0.1, -0.05) is 42.5 Å². The third kappa shape index (κ3) is 4.29. The smallest absolute Gasteiger partial charge is 0.321 e. The van der Waals surface area contributed by atoms with Gasteiger partial charge in [0.1, 0.15) is 0 Å². The second-order valence-electron chi connectivity index (χ2n) is 5.85. The molecule has 1 fully saturated rings. The SMILES string of the molecule is Cc1cccc(NC(=O)N2CCSC(c3ccccc3)CC2)c1. The van der Waals surface area contributed by atoms with E-state index in [1.165, 1.54) is 5.56 Å². The highest BCUT2D eigenvalue weighted by Crippen LogP contribution is 2.34. The quantitative estimate of drug-likeness (QED) is 0.867. The predicted molar refractivity (Wildman–Crippen MR) is 98.0 cm³/mol. The minimum atomic E-state index is 0.00455. The lowest BCUT2D eigenvalue weighted by molar-refractivity contribution is 0.215. The Bertz CT molecular complexity index is 659. The number of benzene rings is 2. The summed E-state index contributed by atoms with van der Waals surface area (Å²) in [6.07, 6.45) is 0.996. The molecule has 1 unspecified atom stereocenters. The maximum Gasteiger partial charge on any atom is 0.321 e. The molecule has 0 bridgehead atoms. The van der Waals surface area contributed by atoms with Crippen LogP contribution in [0.25, 0.3) is 0 Å². The number of urea groups is 1. The zero-order valence-electron chi connectivity index (χ0n) is 13.4. The van der Waals surface area contributed by atoms with Crippen molar-refractivity contribution in [2.24, 2.45) is 0 Å². The summed E-state index contributed by atoms with van der Waals surface area (Å²) in [7, 11) is 0. The highest BCUT2D eigenvalue weighted by atomic mass is 32.2. The molecule has 23 heavy (non-hydrogen) atoms. The summed E-state index contributed by atoms with van der Waals surface area (Å²) in [5.74, 6) is 0.973. The molecule has 120 valence electrons. The summed E-state index contributed by atoms with van der Waals surface area (Å²) in [6.45, 7) is 3.62. The molecule has 0 spiro atoms. The largest absolute Gasteiger partial charge is 0.324 e. The van der Waals surface area contributed by atoms with E-state index in [4.69, 9.17) is 0 Å². The van der Waals surface area contributed by atoms with E-state index in [0.717, 1.165) is 36.5 Å². The average molecular weight is 326 g/mol. The van der Waals surface area contributed by atoms with Crippen LogP contribution in [0.1, 0.15) is 22.8 Å². The number of hydrogen-bond acceptors (Lipinski definition) is 2. The maximum absolute atomic E-state index is 12.5. The van der Waals surface area contributed by atoms with Crippen LogP contribution in [0, 0.1) is 6.92 Å². The Labute approximate surface area is 142 Å². The molecule has 0 aliphatic carbocycles. The first-order valence-corrected chi connectivity index (χ1v) is 9.06. The fourth-order valence-electron chi connectivity index (χ4n) is 2.83. The minimum Gasteiger partial charge on any atom is -0.324 e. The zero-order valence-corrected chi connectivity index (χ0v) is 14.2. The Morgan fingerprint density at radius 3 is 2.74 bits per heavy atom. The van der Waals surface area contributed by atoms with Gasteiger partial charge in [0, 0.05) is 29.8 Å². The first kappa shape index (κ1) is 15.9. The highest BCUT2D eigenvalue weighted by molar-refractivity contribution is 7.99. The van der Waals surface area contributed by atoms with Gasteiger partial charge in [0.05, 0.1) is 0 Å². The molecular formula is C19H22N2OS. The highest BCUT2D eigenvalue weighted by Gasteiger charge is 2.21. The van der Waals surface area contributed by atoms with Crippen LogP contribution in [0.4, 0.5) is 10.5 Å². The molecule has 2 aromatic carbocycles. The van der Waals surface area contributed by atoms with Crippen LogP contribution in [0.15, 0.2) is 54.6 Å². The van der Waals surface area contributed by atoms with E-state index >= 15 is 0 Å². The number of rotatable bonds is 2. The van der Waals surface area contributed by atoms with E-state index in [-0.39, 0.29) is 6.03 Å². The first-order valence-electron chi connectivity index (χ1n) is 8.01. The van der Waals surface area contributed by atoms with E-state index in [2.05, 4.69) is 29.6 Å². The number of carbonyl (C=O) groups is 1. The molecule has 0 aromatic heterocycles. The van der Waals surface area contributed by atoms with Crippen molar-refractivity contribution >= 4 is 23.5 Å². The van der Waals surface area contributed by atoms with Gasteiger partial charge in [0.25, 0.3) is 0 Å². The first-order chi connectivity index (χ1) is 11.2. The lowest BCUT2D eigenvalue weighted by atomic mass is 10.1. The van der Waals surface area contributed by atoms with Crippen LogP contribution < -0.4 is 5.32 Å². The number of hydrogen-bond donors (Lipinski definition) is 1. The molecule has 1 saturated heterocycles. The molecule has 3 rings (SSSR count). The topological polar surface area (TPSA) is 32.3 Å². The second kappa shape index (κ2) is 7.55. The van der Waals surface area contributed by atoms with Crippen LogP contribution >= 0.6 is 11.8 Å². The van der Waals surface area contributed by atoms with Crippen molar-refractivity contribution in [3.05, 3.63) is 65.7 Å². The number of anilines is 1. The van der Waals surface area contributed by atoms with E-state index in [0.29, 0.717) is 5.25 Å². The monoisotopic (exact) mass is 326 g/mol. The van der Waals surface area contributed by atoms with Gasteiger partial charge in [0.15, 0.2) is 0 Å². The molecule has 2 aromatic rings. The Balaban J connectivity index is 1.60. The summed E-state index contributed by atoms with van der Waals surface area (Å²) in [5.41, 5.74) is 3.38. The van der Waals surface area contributed by atoms with Gasteiger partial charge in [-0.05, 0) is 36.6 Å². The normalized spacial score (nSPS) is 18.3. The van der Waals surface area contributed by atoms with Gasteiger partial charge in [-0.25, -0.2) is 4.79 Å². The molecule has 1 atom stereocenters. The number of thioether (sulfide) groups is 1. The van der Waals surface area contributed by atoms with Crippen molar-refractivity contribution in [3.63, 3.8) is 0 Å². The Hall–Kier alpha value is -1.94. The van der Waals surface area contributed by atoms with Crippen LogP contribution in [-0.2, 0) is 0 Å². The number of amides is 2. The van der Waals surface area contributed by atoms with E-state index < -0.39 is 0 Å². The van der Waals surface area contributed by atoms with Crippen LogP contribution in [0.5, 0.6) is 0 Å². The number of nitrogens with one attached hydrogen (secondary N) is 1. The maximum atomic E-state index is 12.5. The Kier molecular flexibility index (Phi) is 5.23. The van der Waals surface area contributed by atoms with Gasteiger partial charge >= 0.3 is 6.03 Å². The number of carbonyl (C=O) groups excluding carboxylic acids is 1. The molecule has 1 aliphatic heterocycles. The third-order valence-corrected chi connectivity index (χ3v) is 5.40. The number of nitrogens with zero attached hydrogens (tertiary/aromatic N) is 1. The average Bonchev–Trinajstić information content (AvgIpc) is 2.82. The summed E-state index contributed by atoms with van der Waals surface area (Å²) in [6, 6.07) is 18.5. The van der Waals surface area contributed by atoms with Crippen molar-refractivity contribution in [1.29, 1.82) is 0 Å². The van der Waals surface area contributed by atoms with Gasteiger partial charge in [-0.2, -0.15) is 11.8 Å². The van der Waals surface area contributed by atoms with Crippen molar-refractivity contribution in [2.75, 3.05) is 24.2 Å². The molecule has 0 radical (unpaired) electrons. The summed E-state index contributed by atoms with van der Waals surface area (Å²) in [5, 5.41) is 3.49. The summed E-state index contributed by atoms with van der Waals surface area (Å²) in [4.78, 5) is 14.4. The fourth-order valence-corrected chi connectivity index (χ4v) is 4.06. The van der Waals surface area contributed by atoms with Crippen LogP contribution in [0.3, 0.4) is 0 Å². The van der Waals surface area contributed by atoms with Crippen molar-refractivity contribution in [3.8, 4) is 0 Å². The Morgan fingerprint density at radius 1 is 1.13 bits per heavy atom. The van der Waals surface area contributed by atoms with Crippen molar-refractivity contribution in [1.82, 2.24) is 4.90 Å². The van der Waals surface area contributed by atoms with Crippen molar-refractivity contribution in [2.45, 2.75) is 18.6 Å². The van der Waals surface area contributed by atoms with Gasteiger partial charge < -0.3 is 10.2 Å². The molecule has 1 N–H and O–H groups in total. The lowest BCUT2D eigenvalue weighted by Crippen LogP contribution is -2.36. The summed E-state index contributed by atoms with van der Waals surface area (Å²) < 4.78 is 0. The van der Waals surface area contributed by atoms with Gasteiger partial charge in [0.2, 0.25) is 0 Å². The zero-order chi connectivity index (χ0) is 16.1. The summed E-state index contributed by atoms with van der Waals surface area (Å²) >= 11 is 1.95. The van der Waals surface area contributed by atoms with E-state index in [1.54, 1.807) is 0 Å². The van der Waals surface area contributed by atoms with Crippen LogP contribution in [-0.4, -0.2) is 29.8 Å². The molecule has 0 saturated carbocycles. The fraction of sp³-hybridized carbons (Fsp3) is 0.316. The van der Waals surface area contributed by atoms with E-state index in [1.807, 2.05) is 53.9 Å². The van der Waals surface area contributed by atoms with Crippen molar-refractivity contribution < 1.29 is 4.79 Å². The molecule has 1 heterocycles.